The minimum Gasteiger partial charge on any atom is -0.394 e. The molecule has 1 aliphatic heterocycles. The number of ether oxygens (including phenoxy) is 1. The van der Waals surface area contributed by atoms with Crippen molar-refractivity contribution in [2.24, 2.45) is 5.73 Å². The second kappa shape index (κ2) is 4.86. The lowest BCUT2D eigenvalue weighted by atomic mass is 9.95. The molecule has 0 aromatic carbocycles. The van der Waals surface area contributed by atoms with Crippen molar-refractivity contribution in [1.82, 2.24) is 5.32 Å². The average Bonchev–Trinajstić information content (AvgIpc) is 2.18. The molecular weight excluding hydrogens is 204 g/mol. The highest BCUT2D eigenvalue weighted by molar-refractivity contribution is 5.73. The Morgan fingerprint density at radius 2 is 2.13 bits per heavy atom. The predicted octanol–water partition coefficient (Wildman–Crippen LogP) is -3.11. The van der Waals surface area contributed by atoms with Crippen molar-refractivity contribution in [3.8, 4) is 0 Å². The Morgan fingerprint density at radius 1 is 1.53 bits per heavy atom. The van der Waals surface area contributed by atoms with Gasteiger partial charge in [-0.25, -0.2) is 0 Å². The summed E-state index contributed by atoms with van der Waals surface area (Å²) in [7, 11) is 0. The lowest BCUT2D eigenvalue weighted by molar-refractivity contribution is -0.221. The topological polar surface area (TPSA) is 125 Å². The van der Waals surface area contributed by atoms with E-state index in [2.05, 4.69) is 5.32 Å². The van der Waals surface area contributed by atoms with Crippen molar-refractivity contribution in [1.29, 1.82) is 0 Å². The van der Waals surface area contributed by atoms with E-state index in [9.17, 15) is 15.0 Å². The summed E-state index contributed by atoms with van der Waals surface area (Å²) in [5.74, 6) is -0.406. The van der Waals surface area contributed by atoms with Crippen LogP contribution in [-0.2, 0) is 9.53 Å². The number of nitrogens with one attached hydrogen (secondary N) is 1. The molecule has 5 atom stereocenters. The summed E-state index contributed by atoms with van der Waals surface area (Å²) in [5.41, 5.74) is 5.56. The van der Waals surface area contributed by atoms with E-state index in [0.717, 1.165) is 0 Å². The third-order valence-electron chi connectivity index (χ3n) is 2.36. The van der Waals surface area contributed by atoms with Gasteiger partial charge in [0, 0.05) is 6.92 Å². The fourth-order valence-electron chi connectivity index (χ4n) is 1.54. The quantitative estimate of drug-likeness (QED) is 0.335. The summed E-state index contributed by atoms with van der Waals surface area (Å²) in [6.45, 7) is 0.852. The van der Waals surface area contributed by atoms with E-state index in [4.69, 9.17) is 15.6 Å². The highest BCUT2D eigenvalue weighted by Gasteiger charge is 2.42. The Hall–Kier alpha value is -0.730. The number of carbonyl (C=O) groups excluding carboxylic acids is 1. The van der Waals surface area contributed by atoms with Crippen molar-refractivity contribution < 1.29 is 24.9 Å². The van der Waals surface area contributed by atoms with Gasteiger partial charge in [0.25, 0.3) is 0 Å². The molecular formula is C8H16N2O5. The fraction of sp³-hybridized carbons (Fsp3) is 0.875. The van der Waals surface area contributed by atoms with Crippen LogP contribution >= 0.6 is 0 Å². The normalized spacial score (nSPS) is 41.3. The summed E-state index contributed by atoms with van der Waals surface area (Å²) in [6.07, 6.45) is -3.37. The van der Waals surface area contributed by atoms with E-state index in [1.165, 1.54) is 6.92 Å². The standard InChI is InChI=1S/C8H16N2O5/c1-3(12)10-6-7(13)5(9)4(2-11)15-8(6)14/h4-8,11,13-14H,2,9H2,1H3,(H,10,12)/t4-,5-,6-,7+,8?/m1/s1. The van der Waals surface area contributed by atoms with E-state index in [1.807, 2.05) is 0 Å². The second-order valence-corrected chi connectivity index (χ2v) is 3.54. The van der Waals surface area contributed by atoms with Crippen LogP contribution in [-0.4, -0.2) is 58.4 Å². The van der Waals surface area contributed by atoms with Crippen molar-refractivity contribution in [3.63, 3.8) is 0 Å². The minimum absolute atomic E-state index is 0.401. The van der Waals surface area contributed by atoms with Crippen LogP contribution in [0.4, 0.5) is 0 Å². The fourth-order valence-corrected chi connectivity index (χ4v) is 1.54. The van der Waals surface area contributed by atoms with Crippen molar-refractivity contribution in [3.05, 3.63) is 0 Å². The minimum atomic E-state index is -1.37. The molecule has 0 bridgehead atoms. The maximum Gasteiger partial charge on any atom is 0.217 e. The molecule has 0 saturated carbocycles. The van der Waals surface area contributed by atoms with Gasteiger partial charge in [0.2, 0.25) is 5.91 Å². The monoisotopic (exact) mass is 220 g/mol. The molecule has 0 aromatic rings. The molecule has 7 nitrogen and oxygen atoms in total. The first-order valence-corrected chi connectivity index (χ1v) is 4.62. The molecule has 0 aromatic heterocycles. The van der Waals surface area contributed by atoms with Crippen LogP contribution in [0.15, 0.2) is 0 Å². The molecule has 6 N–H and O–H groups in total. The van der Waals surface area contributed by atoms with E-state index < -0.39 is 43.1 Å². The van der Waals surface area contributed by atoms with Gasteiger partial charge in [-0.3, -0.25) is 4.79 Å². The molecule has 1 rings (SSSR count). The smallest absolute Gasteiger partial charge is 0.217 e. The van der Waals surface area contributed by atoms with Gasteiger partial charge in [0.15, 0.2) is 6.29 Å². The van der Waals surface area contributed by atoms with Crippen LogP contribution in [0.5, 0.6) is 0 Å². The van der Waals surface area contributed by atoms with Crippen LogP contribution in [0.2, 0.25) is 0 Å². The predicted molar refractivity (Wildman–Crippen MR) is 49.6 cm³/mol. The number of aliphatic hydroxyl groups excluding tert-OH is 3. The van der Waals surface area contributed by atoms with Gasteiger partial charge in [-0.2, -0.15) is 0 Å². The Morgan fingerprint density at radius 3 is 2.60 bits per heavy atom. The highest BCUT2D eigenvalue weighted by Crippen LogP contribution is 2.18. The lowest BCUT2D eigenvalue weighted by Gasteiger charge is -2.40. The van der Waals surface area contributed by atoms with Crippen molar-refractivity contribution >= 4 is 5.91 Å². The summed E-state index contributed by atoms with van der Waals surface area (Å²) < 4.78 is 4.94. The van der Waals surface area contributed by atoms with Crippen LogP contribution in [0.25, 0.3) is 0 Å². The molecule has 1 fully saturated rings. The van der Waals surface area contributed by atoms with Gasteiger partial charge in [-0.1, -0.05) is 0 Å². The van der Waals surface area contributed by atoms with Gasteiger partial charge >= 0.3 is 0 Å². The van der Waals surface area contributed by atoms with Crippen LogP contribution in [0.1, 0.15) is 6.92 Å². The molecule has 0 aliphatic carbocycles. The molecule has 1 saturated heterocycles. The molecule has 1 aliphatic rings. The molecule has 1 heterocycles. The Kier molecular flexibility index (Phi) is 4.00. The van der Waals surface area contributed by atoms with Crippen LogP contribution in [0.3, 0.4) is 0 Å². The van der Waals surface area contributed by atoms with E-state index in [1.54, 1.807) is 0 Å². The zero-order valence-electron chi connectivity index (χ0n) is 8.33. The molecule has 7 heteroatoms. The summed E-state index contributed by atoms with van der Waals surface area (Å²) in [5, 5.41) is 30.3. The molecule has 0 radical (unpaired) electrons. The zero-order chi connectivity index (χ0) is 11.6. The van der Waals surface area contributed by atoms with E-state index >= 15 is 0 Å². The zero-order valence-corrected chi connectivity index (χ0v) is 8.33. The van der Waals surface area contributed by atoms with Gasteiger partial charge in [0.1, 0.15) is 12.1 Å². The summed E-state index contributed by atoms with van der Waals surface area (Å²) in [6, 6.07) is -1.82. The Labute approximate surface area is 86.8 Å². The maximum absolute atomic E-state index is 10.8. The Balaban J connectivity index is 2.70. The number of rotatable bonds is 2. The second-order valence-electron chi connectivity index (χ2n) is 3.54. The van der Waals surface area contributed by atoms with Gasteiger partial charge < -0.3 is 31.1 Å². The van der Waals surface area contributed by atoms with Crippen molar-refractivity contribution in [2.75, 3.05) is 6.61 Å². The van der Waals surface area contributed by atoms with Gasteiger partial charge in [-0.05, 0) is 0 Å². The average molecular weight is 220 g/mol. The number of aliphatic hydroxyl groups is 3. The third-order valence-corrected chi connectivity index (χ3v) is 2.36. The molecule has 88 valence electrons. The SMILES string of the molecule is CC(=O)N[C@H]1C(O)O[C@H](CO)[C@@H](N)[C@@H]1O. The molecule has 1 amide bonds. The summed E-state index contributed by atoms with van der Waals surface area (Å²) >= 11 is 0. The van der Waals surface area contributed by atoms with Gasteiger partial charge in [-0.15, -0.1) is 0 Å². The number of hydrogen-bond donors (Lipinski definition) is 5. The number of hydrogen-bond acceptors (Lipinski definition) is 6. The first kappa shape index (κ1) is 12.3. The first-order chi connectivity index (χ1) is 6.97. The molecule has 15 heavy (non-hydrogen) atoms. The van der Waals surface area contributed by atoms with E-state index in [-0.39, 0.29) is 0 Å². The maximum atomic E-state index is 10.8. The number of amides is 1. The number of nitrogens with two attached hydrogens (primary N) is 1. The Bertz CT molecular complexity index is 237. The third kappa shape index (κ3) is 2.64. The number of carbonyl (C=O) groups is 1. The van der Waals surface area contributed by atoms with E-state index in [0.29, 0.717) is 0 Å². The summed E-state index contributed by atoms with van der Waals surface area (Å²) in [4.78, 5) is 10.8. The van der Waals surface area contributed by atoms with Crippen molar-refractivity contribution in [2.45, 2.75) is 37.5 Å². The van der Waals surface area contributed by atoms with Gasteiger partial charge in [0.05, 0.1) is 18.8 Å². The highest BCUT2D eigenvalue weighted by atomic mass is 16.6. The van der Waals surface area contributed by atoms with Crippen LogP contribution < -0.4 is 11.1 Å². The molecule has 0 spiro atoms. The van der Waals surface area contributed by atoms with Crippen LogP contribution in [0, 0.1) is 0 Å². The first-order valence-electron chi connectivity index (χ1n) is 4.62. The lowest BCUT2D eigenvalue weighted by Crippen LogP contribution is -2.66. The molecule has 1 unspecified atom stereocenters. The largest absolute Gasteiger partial charge is 0.394 e.